The monoisotopic (exact) mass is 256 g/mol. The van der Waals surface area contributed by atoms with Gasteiger partial charge in [0.15, 0.2) is 0 Å². The second-order valence-corrected chi connectivity index (χ2v) is 5.75. The molecule has 1 aromatic rings. The zero-order valence-corrected chi connectivity index (χ0v) is 11.3. The number of thioether (sulfide) groups is 2. The van der Waals surface area contributed by atoms with Crippen LogP contribution in [-0.4, -0.2) is 23.1 Å². The van der Waals surface area contributed by atoms with Crippen LogP contribution in [0.3, 0.4) is 0 Å². The molecule has 0 atom stereocenters. The van der Waals surface area contributed by atoms with E-state index in [1.165, 1.54) is 11.8 Å². The van der Waals surface area contributed by atoms with Crippen molar-refractivity contribution in [2.75, 3.05) is 12.0 Å². The minimum absolute atomic E-state index is 0.445. The first-order valence-electron chi connectivity index (χ1n) is 5.09. The third-order valence-electron chi connectivity index (χ3n) is 1.99. The van der Waals surface area contributed by atoms with Crippen LogP contribution in [0, 0.1) is 5.92 Å². The highest BCUT2D eigenvalue weighted by Gasteiger charge is 2.15. The Kier molecular flexibility index (Phi) is 5.22. The first kappa shape index (κ1) is 13.5. The predicted molar refractivity (Wildman–Crippen MR) is 70.7 cm³/mol. The Morgan fingerprint density at radius 1 is 1.38 bits per heavy atom. The predicted octanol–water partition coefficient (Wildman–Crippen LogP) is 3.85. The van der Waals surface area contributed by atoms with E-state index >= 15 is 0 Å². The highest BCUT2D eigenvalue weighted by molar-refractivity contribution is 8.00. The molecule has 0 fully saturated rings. The summed E-state index contributed by atoms with van der Waals surface area (Å²) in [5, 5.41) is 9.22. The van der Waals surface area contributed by atoms with Crippen molar-refractivity contribution in [3.05, 3.63) is 23.8 Å². The highest BCUT2D eigenvalue weighted by Crippen LogP contribution is 2.31. The fourth-order valence-corrected chi connectivity index (χ4v) is 2.98. The molecular weight excluding hydrogens is 240 g/mol. The van der Waals surface area contributed by atoms with E-state index in [9.17, 15) is 9.90 Å². The fourth-order valence-electron chi connectivity index (χ4n) is 1.27. The molecule has 0 spiro atoms. The lowest BCUT2D eigenvalue weighted by atomic mass is 10.2. The molecule has 0 aromatic heterocycles. The van der Waals surface area contributed by atoms with Gasteiger partial charge in [0.2, 0.25) is 0 Å². The quantitative estimate of drug-likeness (QED) is 0.812. The number of hydrogen-bond donors (Lipinski definition) is 1. The van der Waals surface area contributed by atoms with Crippen LogP contribution in [0.1, 0.15) is 24.2 Å². The van der Waals surface area contributed by atoms with Crippen LogP contribution in [-0.2, 0) is 0 Å². The van der Waals surface area contributed by atoms with Crippen LogP contribution in [0.5, 0.6) is 0 Å². The minimum atomic E-state index is -0.837. The largest absolute Gasteiger partial charge is 0.478 e. The van der Waals surface area contributed by atoms with Crippen LogP contribution >= 0.6 is 23.5 Å². The molecule has 0 aliphatic carbocycles. The van der Waals surface area contributed by atoms with E-state index < -0.39 is 5.97 Å². The zero-order valence-electron chi connectivity index (χ0n) is 9.69. The summed E-state index contributed by atoms with van der Waals surface area (Å²) in [6, 6.07) is 5.66. The second kappa shape index (κ2) is 6.21. The van der Waals surface area contributed by atoms with Crippen LogP contribution in [0.4, 0.5) is 0 Å². The van der Waals surface area contributed by atoms with Gasteiger partial charge in [0.05, 0.1) is 5.56 Å². The molecule has 0 heterocycles. The van der Waals surface area contributed by atoms with Gasteiger partial charge in [-0.05, 0) is 24.3 Å². The van der Waals surface area contributed by atoms with E-state index in [1.807, 2.05) is 24.5 Å². The summed E-state index contributed by atoms with van der Waals surface area (Å²) >= 11 is 3.10. The van der Waals surface area contributed by atoms with Crippen molar-refractivity contribution in [1.82, 2.24) is 0 Å². The maximum Gasteiger partial charge on any atom is 0.337 e. The molecule has 0 saturated carbocycles. The minimum Gasteiger partial charge on any atom is -0.478 e. The van der Waals surface area contributed by atoms with Crippen molar-refractivity contribution in [2.45, 2.75) is 23.6 Å². The molecular formula is C12H16O2S2. The number of carbonyl (C=O) groups is 1. The molecule has 0 amide bonds. The molecule has 0 unspecified atom stereocenters. The van der Waals surface area contributed by atoms with Crippen molar-refractivity contribution in [3.8, 4) is 0 Å². The molecule has 2 nitrogen and oxygen atoms in total. The van der Waals surface area contributed by atoms with Crippen LogP contribution < -0.4 is 0 Å². The van der Waals surface area contributed by atoms with E-state index in [4.69, 9.17) is 0 Å². The van der Waals surface area contributed by atoms with Gasteiger partial charge in [-0.1, -0.05) is 19.9 Å². The number of benzene rings is 1. The Morgan fingerprint density at radius 3 is 2.50 bits per heavy atom. The third kappa shape index (κ3) is 3.46. The lowest BCUT2D eigenvalue weighted by molar-refractivity contribution is 0.0689. The van der Waals surface area contributed by atoms with Crippen molar-refractivity contribution in [2.24, 2.45) is 5.92 Å². The standard InChI is InChI=1S/C12H16O2S2/c1-8(2)7-16-10-6-4-5-9(15-3)11(10)12(13)14/h4-6,8H,7H2,1-3H3,(H,13,14). The molecule has 88 valence electrons. The van der Waals surface area contributed by atoms with E-state index in [0.29, 0.717) is 11.5 Å². The van der Waals surface area contributed by atoms with Gasteiger partial charge in [-0.2, -0.15) is 0 Å². The van der Waals surface area contributed by atoms with Gasteiger partial charge in [0, 0.05) is 15.5 Å². The van der Waals surface area contributed by atoms with Crippen molar-refractivity contribution >= 4 is 29.5 Å². The van der Waals surface area contributed by atoms with Crippen molar-refractivity contribution in [1.29, 1.82) is 0 Å². The molecule has 0 saturated heterocycles. The van der Waals surface area contributed by atoms with E-state index in [2.05, 4.69) is 13.8 Å². The smallest absolute Gasteiger partial charge is 0.337 e. The maximum atomic E-state index is 11.2. The Labute approximate surface area is 105 Å². The summed E-state index contributed by atoms with van der Waals surface area (Å²) in [6.07, 6.45) is 1.90. The number of hydrogen-bond acceptors (Lipinski definition) is 3. The average molecular weight is 256 g/mol. The number of rotatable bonds is 5. The molecule has 1 N–H and O–H groups in total. The van der Waals surface area contributed by atoms with Crippen molar-refractivity contribution < 1.29 is 9.90 Å². The van der Waals surface area contributed by atoms with Gasteiger partial charge in [-0.15, -0.1) is 23.5 Å². The van der Waals surface area contributed by atoms with Crippen LogP contribution in [0.25, 0.3) is 0 Å². The zero-order chi connectivity index (χ0) is 12.1. The first-order chi connectivity index (χ1) is 7.56. The lowest BCUT2D eigenvalue weighted by Crippen LogP contribution is -2.02. The number of carboxylic acids is 1. The highest BCUT2D eigenvalue weighted by atomic mass is 32.2. The third-order valence-corrected chi connectivity index (χ3v) is 4.26. The number of carboxylic acid groups (broad SMARTS) is 1. The Balaban J connectivity index is 3.02. The summed E-state index contributed by atoms with van der Waals surface area (Å²) < 4.78 is 0. The van der Waals surface area contributed by atoms with Gasteiger partial charge in [0.25, 0.3) is 0 Å². The van der Waals surface area contributed by atoms with Gasteiger partial charge in [-0.25, -0.2) is 4.79 Å². The molecule has 0 aliphatic rings. The van der Waals surface area contributed by atoms with Gasteiger partial charge < -0.3 is 5.11 Å². The molecule has 0 radical (unpaired) electrons. The van der Waals surface area contributed by atoms with Crippen LogP contribution in [0.2, 0.25) is 0 Å². The summed E-state index contributed by atoms with van der Waals surface area (Å²) in [7, 11) is 0. The van der Waals surface area contributed by atoms with Crippen LogP contribution in [0.15, 0.2) is 28.0 Å². The van der Waals surface area contributed by atoms with Gasteiger partial charge >= 0.3 is 5.97 Å². The average Bonchev–Trinajstić information content (AvgIpc) is 2.25. The maximum absolute atomic E-state index is 11.2. The molecule has 0 bridgehead atoms. The summed E-state index contributed by atoms with van der Waals surface area (Å²) in [5.41, 5.74) is 0.445. The molecule has 0 aliphatic heterocycles. The lowest BCUT2D eigenvalue weighted by Gasteiger charge is -2.10. The van der Waals surface area contributed by atoms with E-state index in [-0.39, 0.29) is 0 Å². The SMILES string of the molecule is CSc1cccc(SCC(C)C)c1C(=O)O. The first-order valence-corrected chi connectivity index (χ1v) is 7.30. The normalized spacial score (nSPS) is 10.8. The number of aromatic carboxylic acids is 1. The molecule has 1 aromatic carbocycles. The summed E-state index contributed by atoms with van der Waals surface area (Å²) in [5.74, 6) is 0.666. The summed E-state index contributed by atoms with van der Waals surface area (Å²) in [4.78, 5) is 12.9. The topological polar surface area (TPSA) is 37.3 Å². The Morgan fingerprint density at radius 2 is 2.00 bits per heavy atom. The van der Waals surface area contributed by atoms with Gasteiger partial charge in [-0.3, -0.25) is 0 Å². The van der Waals surface area contributed by atoms with Crippen molar-refractivity contribution in [3.63, 3.8) is 0 Å². The fraction of sp³-hybridized carbons (Fsp3) is 0.417. The Hall–Kier alpha value is -0.610. The van der Waals surface area contributed by atoms with Gasteiger partial charge in [0.1, 0.15) is 0 Å². The molecule has 16 heavy (non-hydrogen) atoms. The molecule has 4 heteroatoms. The second-order valence-electron chi connectivity index (χ2n) is 3.84. The Bertz CT molecular complexity index is 375. The summed E-state index contributed by atoms with van der Waals surface area (Å²) in [6.45, 7) is 4.26. The molecule has 1 rings (SSSR count). The van der Waals surface area contributed by atoms with E-state index in [1.54, 1.807) is 11.8 Å². The van der Waals surface area contributed by atoms with E-state index in [0.717, 1.165) is 15.5 Å².